The standard InChI is InChI=1S/C10H9BrClF2N3/c11-6-3-7-10(15-4-6)17(5-8(13)14)9(16-7)1-2-12/h3-4,8H,1-2,5H2. The number of aryl methyl sites for hydroxylation is 1. The average Bonchev–Trinajstić information content (AvgIpc) is 2.56. The maximum absolute atomic E-state index is 12.5. The third-order valence-corrected chi connectivity index (χ3v) is 2.89. The Bertz CT molecular complexity index is 529. The van der Waals surface area contributed by atoms with Gasteiger partial charge in [0.2, 0.25) is 0 Å². The van der Waals surface area contributed by atoms with Gasteiger partial charge in [0.25, 0.3) is 6.43 Å². The number of alkyl halides is 3. The van der Waals surface area contributed by atoms with Crippen molar-refractivity contribution in [3.05, 3.63) is 22.6 Å². The van der Waals surface area contributed by atoms with Crippen molar-refractivity contribution >= 4 is 38.7 Å². The van der Waals surface area contributed by atoms with Crippen LogP contribution in [-0.4, -0.2) is 26.8 Å². The van der Waals surface area contributed by atoms with E-state index in [2.05, 4.69) is 25.9 Å². The molecule has 0 aliphatic heterocycles. The first kappa shape index (κ1) is 12.7. The van der Waals surface area contributed by atoms with Gasteiger partial charge < -0.3 is 4.57 Å². The van der Waals surface area contributed by atoms with Crippen molar-refractivity contribution in [1.82, 2.24) is 14.5 Å². The monoisotopic (exact) mass is 323 g/mol. The van der Waals surface area contributed by atoms with Gasteiger partial charge in [-0.3, -0.25) is 0 Å². The zero-order valence-electron chi connectivity index (χ0n) is 8.71. The molecular formula is C10H9BrClF2N3. The van der Waals surface area contributed by atoms with Gasteiger partial charge in [-0.25, -0.2) is 18.7 Å². The number of rotatable bonds is 4. The minimum absolute atomic E-state index is 0.341. The molecule has 0 atom stereocenters. The maximum atomic E-state index is 12.5. The maximum Gasteiger partial charge on any atom is 0.256 e. The molecule has 0 fully saturated rings. The van der Waals surface area contributed by atoms with E-state index in [1.807, 2.05) is 0 Å². The number of pyridine rings is 1. The van der Waals surface area contributed by atoms with Gasteiger partial charge in [0.15, 0.2) is 5.65 Å². The molecule has 0 spiro atoms. The average molecular weight is 325 g/mol. The second kappa shape index (κ2) is 5.27. The highest BCUT2D eigenvalue weighted by molar-refractivity contribution is 9.10. The first-order valence-corrected chi connectivity index (χ1v) is 6.29. The van der Waals surface area contributed by atoms with Crippen LogP contribution in [0.1, 0.15) is 5.82 Å². The first-order chi connectivity index (χ1) is 8.11. The molecule has 3 nitrogen and oxygen atoms in total. The highest BCUT2D eigenvalue weighted by Crippen LogP contribution is 2.20. The summed E-state index contributed by atoms with van der Waals surface area (Å²) in [6.45, 7) is -0.405. The van der Waals surface area contributed by atoms with Gasteiger partial charge in [0.05, 0.1) is 6.54 Å². The Morgan fingerprint density at radius 3 is 2.88 bits per heavy atom. The van der Waals surface area contributed by atoms with Gasteiger partial charge in [-0.05, 0) is 22.0 Å². The molecule has 0 aliphatic carbocycles. The van der Waals surface area contributed by atoms with Crippen LogP contribution in [0.15, 0.2) is 16.7 Å². The van der Waals surface area contributed by atoms with Crippen LogP contribution in [0.4, 0.5) is 8.78 Å². The van der Waals surface area contributed by atoms with Crippen molar-refractivity contribution < 1.29 is 8.78 Å². The summed E-state index contributed by atoms with van der Waals surface area (Å²) in [5, 5.41) is 0. The minimum Gasteiger partial charge on any atom is -0.307 e. The number of hydrogen-bond donors (Lipinski definition) is 0. The van der Waals surface area contributed by atoms with Crippen molar-refractivity contribution in [2.24, 2.45) is 0 Å². The lowest BCUT2D eigenvalue weighted by molar-refractivity contribution is 0.126. The van der Waals surface area contributed by atoms with E-state index in [-0.39, 0.29) is 0 Å². The van der Waals surface area contributed by atoms with Crippen molar-refractivity contribution in [3.8, 4) is 0 Å². The summed E-state index contributed by atoms with van der Waals surface area (Å²) in [5.74, 6) is 0.884. The van der Waals surface area contributed by atoms with Gasteiger partial charge in [0.1, 0.15) is 11.3 Å². The second-order valence-corrected chi connectivity index (χ2v) is 4.76. The summed E-state index contributed by atoms with van der Waals surface area (Å²) in [6.07, 6.45) is -0.425. The van der Waals surface area contributed by atoms with Gasteiger partial charge >= 0.3 is 0 Å². The van der Waals surface area contributed by atoms with Crippen molar-refractivity contribution in [1.29, 1.82) is 0 Å². The number of hydrogen-bond acceptors (Lipinski definition) is 2. The van der Waals surface area contributed by atoms with Crippen molar-refractivity contribution in [3.63, 3.8) is 0 Å². The Hall–Kier alpha value is -0.750. The highest BCUT2D eigenvalue weighted by Gasteiger charge is 2.15. The molecule has 2 aromatic heterocycles. The fourth-order valence-corrected chi connectivity index (χ4v) is 2.13. The Balaban J connectivity index is 2.54. The molecule has 0 radical (unpaired) electrons. The number of nitrogens with zero attached hydrogens (tertiary/aromatic N) is 3. The van der Waals surface area contributed by atoms with E-state index < -0.39 is 13.0 Å². The molecule has 2 heterocycles. The molecular weight excluding hydrogens is 315 g/mol. The molecule has 17 heavy (non-hydrogen) atoms. The summed E-state index contributed by atoms with van der Waals surface area (Å²) >= 11 is 8.90. The molecule has 0 bridgehead atoms. The van der Waals surface area contributed by atoms with Crippen LogP contribution in [0.5, 0.6) is 0 Å². The molecule has 0 saturated carbocycles. The quantitative estimate of drug-likeness (QED) is 0.808. The summed E-state index contributed by atoms with van der Waals surface area (Å²) < 4.78 is 27.2. The fraction of sp³-hybridized carbons (Fsp3) is 0.400. The molecule has 2 aromatic rings. The molecule has 0 unspecified atom stereocenters. The van der Waals surface area contributed by atoms with Gasteiger partial charge in [-0.1, -0.05) is 0 Å². The van der Waals surface area contributed by atoms with Crippen LogP contribution >= 0.6 is 27.5 Å². The third-order valence-electron chi connectivity index (χ3n) is 2.27. The lowest BCUT2D eigenvalue weighted by Gasteiger charge is -2.06. The van der Waals surface area contributed by atoms with E-state index in [0.29, 0.717) is 29.3 Å². The molecule has 2 rings (SSSR count). The van der Waals surface area contributed by atoms with Gasteiger partial charge in [0, 0.05) is 23.0 Å². The summed E-state index contributed by atoms with van der Waals surface area (Å²) in [4.78, 5) is 8.38. The van der Waals surface area contributed by atoms with Crippen molar-refractivity contribution in [2.45, 2.75) is 19.4 Å². The second-order valence-electron chi connectivity index (χ2n) is 3.46. The van der Waals surface area contributed by atoms with Gasteiger partial charge in [-0.2, -0.15) is 0 Å². The number of halogens is 4. The van der Waals surface area contributed by atoms with E-state index in [1.165, 1.54) is 4.57 Å². The minimum atomic E-state index is -2.44. The zero-order valence-corrected chi connectivity index (χ0v) is 11.0. The number of fused-ring (bicyclic) bond motifs is 1. The smallest absolute Gasteiger partial charge is 0.256 e. The Labute approximate surface area is 110 Å². The van der Waals surface area contributed by atoms with E-state index in [1.54, 1.807) is 12.3 Å². The summed E-state index contributed by atoms with van der Waals surface area (Å²) in [6, 6.07) is 1.75. The lowest BCUT2D eigenvalue weighted by atomic mass is 10.4. The molecule has 0 N–H and O–H groups in total. The van der Waals surface area contributed by atoms with Crippen LogP contribution in [0.2, 0.25) is 0 Å². The lowest BCUT2D eigenvalue weighted by Crippen LogP contribution is -2.11. The Morgan fingerprint density at radius 1 is 1.47 bits per heavy atom. The normalized spacial score (nSPS) is 11.6. The highest BCUT2D eigenvalue weighted by atomic mass is 79.9. The first-order valence-electron chi connectivity index (χ1n) is 4.96. The van der Waals surface area contributed by atoms with Crippen LogP contribution in [0.25, 0.3) is 11.2 Å². The summed E-state index contributed by atoms with van der Waals surface area (Å²) in [5.41, 5.74) is 1.06. The van der Waals surface area contributed by atoms with Crippen LogP contribution in [-0.2, 0) is 13.0 Å². The van der Waals surface area contributed by atoms with E-state index in [4.69, 9.17) is 11.6 Å². The molecule has 0 amide bonds. The molecule has 92 valence electrons. The van der Waals surface area contributed by atoms with Gasteiger partial charge in [-0.15, -0.1) is 11.6 Å². The van der Waals surface area contributed by atoms with Crippen LogP contribution in [0, 0.1) is 0 Å². The predicted octanol–water partition coefficient (Wildman–Crippen LogP) is 3.24. The molecule has 7 heteroatoms. The third kappa shape index (κ3) is 2.74. The van der Waals surface area contributed by atoms with E-state index >= 15 is 0 Å². The summed E-state index contributed by atoms with van der Waals surface area (Å²) in [7, 11) is 0. The molecule has 0 saturated heterocycles. The zero-order chi connectivity index (χ0) is 12.4. The topological polar surface area (TPSA) is 30.7 Å². The predicted molar refractivity (Wildman–Crippen MR) is 65.7 cm³/mol. The van der Waals surface area contributed by atoms with E-state index in [9.17, 15) is 8.78 Å². The van der Waals surface area contributed by atoms with E-state index in [0.717, 1.165) is 4.47 Å². The molecule has 0 aliphatic rings. The fourth-order valence-electron chi connectivity index (χ4n) is 1.64. The largest absolute Gasteiger partial charge is 0.307 e. The Kier molecular flexibility index (Phi) is 3.93. The van der Waals surface area contributed by atoms with Crippen molar-refractivity contribution in [2.75, 3.05) is 5.88 Å². The van der Waals surface area contributed by atoms with Crippen LogP contribution in [0.3, 0.4) is 0 Å². The molecule has 0 aromatic carbocycles. The SMILES string of the molecule is FC(F)Cn1c(CCCl)nc2cc(Br)cnc21. The number of imidazole rings is 1. The number of aromatic nitrogens is 3. The van der Waals surface area contributed by atoms with Crippen LogP contribution < -0.4 is 0 Å². The Morgan fingerprint density at radius 2 is 2.24 bits per heavy atom.